The van der Waals surface area contributed by atoms with Crippen LogP contribution in [0.3, 0.4) is 0 Å². The monoisotopic (exact) mass is 406 g/mol. The summed E-state index contributed by atoms with van der Waals surface area (Å²) in [6.07, 6.45) is 1.29. The van der Waals surface area contributed by atoms with Gasteiger partial charge in [-0.3, -0.25) is 10.1 Å². The maximum Gasteiger partial charge on any atom is 0.353 e. The van der Waals surface area contributed by atoms with E-state index in [2.05, 4.69) is 25.6 Å². The normalized spacial score (nSPS) is 10.9. The number of nitrogens with zero attached hydrogens (tertiary/aromatic N) is 4. The van der Waals surface area contributed by atoms with Crippen LogP contribution in [-0.2, 0) is 0 Å². The molecule has 4 rings (SSSR count). The van der Waals surface area contributed by atoms with Gasteiger partial charge >= 0.3 is 5.69 Å². The Kier molecular flexibility index (Phi) is 4.81. The van der Waals surface area contributed by atoms with E-state index in [1.54, 1.807) is 0 Å². The third-order valence-electron chi connectivity index (χ3n) is 4.41. The fourth-order valence-corrected chi connectivity index (χ4v) is 3.97. The number of aromatic nitrogens is 3. The lowest BCUT2D eigenvalue weighted by Gasteiger charge is -2.11. The molecule has 0 radical (unpaired) electrons. The molecule has 2 aromatic carbocycles. The number of aryl methyl sites for hydroxylation is 3. The summed E-state index contributed by atoms with van der Waals surface area (Å²) in [4.78, 5) is 24.0. The van der Waals surface area contributed by atoms with Crippen molar-refractivity contribution in [2.24, 2.45) is 0 Å². The molecule has 8 nitrogen and oxygen atoms in total. The molecular formula is C20H18N6O2S. The summed E-state index contributed by atoms with van der Waals surface area (Å²) in [6, 6.07) is 11.7. The van der Waals surface area contributed by atoms with Gasteiger partial charge in [0.05, 0.1) is 15.1 Å². The number of thiazole rings is 1. The zero-order chi connectivity index (χ0) is 20.5. The Morgan fingerprint density at radius 1 is 0.966 bits per heavy atom. The van der Waals surface area contributed by atoms with Crippen molar-refractivity contribution >= 4 is 49.7 Å². The number of hydrogen-bond acceptors (Lipinski definition) is 8. The van der Waals surface area contributed by atoms with Gasteiger partial charge in [0, 0.05) is 5.69 Å². The third kappa shape index (κ3) is 3.85. The molecule has 0 saturated carbocycles. The fraction of sp³-hybridized carbons (Fsp3) is 0.150. The first-order chi connectivity index (χ1) is 13.9. The van der Waals surface area contributed by atoms with Gasteiger partial charge in [0.2, 0.25) is 11.6 Å². The predicted octanol–water partition coefficient (Wildman–Crippen LogP) is 5.41. The molecule has 0 unspecified atom stereocenters. The maximum absolute atomic E-state index is 11.8. The van der Waals surface area contributed by atoms with Crippen molar-refractivity contribution in [3.8, 4) is 0 Å². The molecule has 0 aliphatic carbocycles. The minimum absolute atomic E-state index is 0.0908. The Labute approximate surface area is 170 Å². The average molecular weight is 406 g/mol. The number of benzene rings is 2. The van der Waals surface area contributed by atoms with Crippen molar-refractivity contribution in [3.05, 3.63) is 69.5 Å². The largest absolute Gasteiger partial charge is 0.353 e. The molecule has 2 aromatic heterocycles. The zero-order valence-electron chi connectivity index (χ0n) is 16.1. The Morgan fingerprint density at radius 2 is 1.66 bits per heavy atom. The Morgan fingerprint density at radius 3 is 2.38 bits per heavy atom. The molecule has 0 bridgehead atoms. The first-order valence-corrected chi connectivity index (χ1v) is 9.70. The van der Waals surface area contributed by atoms with E-state index < -0.39 is 4.92 Å². The van der Waals surface area contributed by atoms with Crippen molar-refractivity contribution in [2.75, 3.05) is 10.6 Å². The lowest BCUT2D eigenvalue weighted by molar-refractivity contribution is -0.383. The third-order valence-corrected chi connectivity index (χ3v) is 5.34. The van der Waals surface area contributed by atoms with Crippen LogP contribution in [0.2, 0.25) is 0 Å². The van der Waals surface area contributed by atoms with Crippen LogP contribution in [0.5, 0.6) is 0 Å². The van der Waals surface area contributed by atoms with Crippen molar-refractivity contribution in [1.82, 2.24) is 15.0 Å². The minimum Gasteiger partial charge on any atom is -0.334 e. The van der Waals surface area contributed by atoms with Gasteiger partial charge in [0.15, 0.2) is 5.13 Å². The highest BCUT2D eigenvalue weighted by Gasteiger charge is 2.24. The topological polar surface area (TPSA) is 106 Å². The van der Waals surface area contributed by atoms with Crippen LogP contribution in [0.4, 0.5) is 28.1 Å². The predicted molar refractivity (Wildman–Crippen MR) is 116 cm³/mol. The van der Waals surface area contributed by atoms with E-state index >= 15 is 0 Å². The van der Waals surface area contributed by atoms with Gasteiger partial charge in [0.25, 0.3) is 0 Å². The van der Waals surface area contributed by atoms with Crippen LogP contribution in [-0.4, -0.2) is 19.9 Å². The van der Waals surface area contributed by atoms with Crippen LogP contribution >= 0.6 is 11.3 Å². The first kappa shape index (κ1) is 18.8. The molecule has 0 atom stereocenters. The lowest BCUT2D eigenvalue weighted by Crippen LogP contribution is -2.06. The molecule has 0 aliphatic heterocycles. The van der Waals surface area contributed by atoms with Crippen LogP contribution < -0.4 is 10.6 Å². The van der Waals surface area contributed by atoms with E-state index in [1.165, 1.54) is 17.7 Å². The zero-order valence-corrected chi connectivity index (χ0v) is 16.9. The van der Waals surface area contributed by atoms with E-state index in [0.717, 1.165) is 32.6 Å². The van der Waals surface area contributed by atoms with E-state index in [9.17, 15) is 10.1 Å². The average Bonchev–Trinajstić information content (AvgIpc) is 3.05. The highest BCUT2D eigenvalue weighted by atomic mass is 32.1. The molecule has 0 spiro atoms. The Hall–Kier alpha value is -3.59. The first-order valence-electron chi connectivity index (χ1n) is 8.88. The summed E-state index contributed by atoms with van der Waals surface area (Å²) >= 11 is 1.41. The summed E-state index contributed by atoms with van der Waals surface area (Å²) in [7, 11) is 0. The van der Waals surface area contributed by atoms with Crippen LogP contribution in [0.15, 0.2) is 42.7 Å². The van der Waals surface area contributed by atoms with E-state index in [1.807, 2.05) is 57.2 Å². The van der Waals surface area contributed by atoms with Crippen LogP contribution in [0.1, 0.15) is 16.7 Å². The van der Waals surface area contributed by atoms with Crippen LogP contribution in [0, 0.1) is 30.9 Å². The highest BCUT2D eigenvalue weighted by molar-refractivity contribution is 7.22. The summed E-state index contributed by atoms with van der Waals surface area (Å²) in [6.45, 7) is 5.93. The molecule has 29 heavy (non-hydrogen) atoms. The Balaban J connectivity index is 1.71. The van der Waals surface area contributed by atoms with Gasteiger partial charge in [-0.25, -0.2) is 15.0 Å². The molecule has 0 amide bonds. The fourth-order valence-electron chi connectivity index (χ4n) is 3.00. The van der Waals surface area contributed by atoms with E-state index in [0.29, 0.717) is 5.13 Å². The van der Waals surface area contributed by atoms with E-state index in [4.69, 9.17) is 0 Å². The van der Waals surface area contributed by atoms with Crippen LogP contribution in [0.25, 0.3) is 10.2 Å². The molecule has 9 heteroatoms. The molecule has 0 fully saturated rings. The van der Waals surface area contributed by atoms with Gasteiger partial charge in [-0.2, -0.15) is 0 Å². The standard InChI is InChI=1S/C20H18N6O2S/c1-11-4-6-14(13(3)8-11)23-18-17(26(27)28)19(22-10-21-18)25-20-24-15-7-5-12(2)9-16(15)29-20/h4-10H,1-3H3,(H2,21,22,23,24,25). The summed E-state index contributed by atoms with van der Waals surface area (Å²) in [5.41, 5.74) is 4.54. The number of fused-ring (bicyclic) bond motifs is 1. The Bertz CT molecular complexity index is 1240. The molecule has 0 aliphatic rings. The number of rotatable bonds is 5. The minimum atomic E-state index is -0.494. The maximum atomic E-state index is 11.8. The quantitative estimate of drug-likeness (QED) is 0.337. The highest BCUT2D eigenvalue weighted by Crippen LogP contribution is 2.35. The van der Waals surface area contributed by atoms with Crippen molar-refractivity contribution in [2.45, 2.75) is 20.8 Å². The number of hydrogen-bond donors (Lipinski definition) is 2. The molecular weight excluding hydrogens is 388 g/mol. The van der Waals surface area contributed by atoms with Crippen molar-refractivity contribution in [1.29, 1.82) is 0 Å². The van der Waals surface area contributed by atoms with E-state index in [-0.39, 0.29) is 17.3 Å². The second kappa shape index (κ2) is 7.44. The number of nitro groups is 1. The van der Waals surface area contributed by atoms with Gasteiger partial charge in [0.1, 0.15) is 6.33 Å². The van der Waals surface area contributed by atoms with Gasteiger partial charge in [-0.15, -0.1) is 0 Å². The molecule has 2 heterocycles. The number of anilines is 4. The second-order valence-electron chi connectivity index (χ2n) is 6.74. The van der Waals surface area contributed by atoms with Gasteiger partial charge in [-0.05, 0) is 50.1 Å². The summed E-state index contributed by atoms with van der Waals surface area (Å²) < 4.78 is 0.998. The van der Waals surface area contributed by atoms with Gasteiger partial charge in [-0.1, -0.05) is 35.1 Å². The lowest BCUT2D eigenvalue weighted by atomic mass is 10.1. The summed E-state index contributed by atoms with van der Waals surface area (Å²) in [5.74, 6) is 0.212. The second-order valence-corrected chi connectivity index (χ2v) is 7.77. The summed E-state index contributed by atoms with van der Waals surface area (Å²) in [5, 5.41) is 18.4. The van der Waals surface area contributed by atoms with Crippen molar-refractivity contribution in [3.63, 3.8) is 0 Å². The van der Waals surface area contributed by atoms with Gasteiger partial charge < -0.3 is 10.6 Å². The molecule has 2 N–H and O–H groups in total. The SMILES string of the molecule is Cc1ccc(Nc2ncnc(Nc3nc4ccc(C)cc4s3)c2[N+](=O)[O-])c(C)c1. The molecule has 0 saturated heterocycles. The smallest absolute Gasteiger partial charge is 0.334 e. The molecule has 146 valence electrons. The van der Waals surface area contributed by atoms with Crippen molar-refractivity contribution < 1.29 is 4.92 Å². The molecule has 4 aromatic rings. The number of nitrogens with one attached hydrogen (secondary N) is 2.